The van der Waals surface area contributed by atoms with Crippen LogP contribution in [0.3, 0.4) is 0 Å². The van der Waals surface area contributed by atoms with E-state index in [2.05, 4.69) is 32.1 Å². The molecule has 5 aromatic rings. The Morgan fingerprint density at radius 2 is 1.90 bits per heavy atom. The number of nitrogens with zero attached hydrogens (tertiary/aromatic N) is 3. The van der Waals surface area contributed by atoms with E-state index >= 15 is 0 Å². The Morgan fingerprint density at radius 3 is 2.65 bits per heavy atom. The molecule has 0 unspecified atom stereocenters. The fraction of sp³-hybridized carbons (Fsp3) is 0.188. The van der Waals surface area contributed by atoms with Gasteiger partial charge in [0.1, 0.15) is 11.5 Å². The van der Waals surface area contributed by atoms with Crippen LogP contribution in [0.4, 0.5) is 10.1 Å². The van der Waals surface area contributed by atoms with Crippen molar-refractivity contribution in [1.82, 2.24) is 25.1 Å². The molecule has 0 bridgehead atoms. The van der Waals surface area contributed by atoms with Crippen LogP contribution in [0.5, 0.6) is 0 Å². The summed E-state index contributed by atoms with van der Waals surface area (Å²) in [6.45, 7) is 11.8. The second-order valence-corrected chi connectivity index (χ2v) is 10.9. The Labute approximate surface area is 232 Å². The first-order valence-electron chi connectivity index (χ1n) is 13.0. The number of amides is 1. The minimum absolute atomic E-state index is 0.0525. The number of anilines is 1. The molecule has 7 nitrogen and oxygen atoms in total. The van der Waals surface area contributed by atoms with Crippen LogP contribution >= 0.6 is 0 Å². The van der Waals surface area contributed by atoms with E-state index in [0.29, 0.717) is 40.5 Å². The molecular formula is C32H31FN6O. The number of fused-ring (bicyclic) bond motifs is 1. The van der Waals surface area contributed by atoms with Gasteiger partial charge in [-0.05, 0) is 42.2 Å². The van der Waals surface area contributed by atoms with Gasteiger partial charge in [0.25, 0.3) is 0 Å². The Kier molecular flexibility index (Phi) is 7.17. The van der Waals surface area contributed by atoms with Gasteiger partial charge in [-0.1, -0.05) is 63.8 Å². The molecule has 1 amide bonds. The van der Waals surface area contributed by atoms with Gasteiger partial charge in [-0.2, -0.15) is 5.10 Å². The summed E-state index contributed by atoms with van der Waals surface area (Å²) in [6, 6.07) is 14.5. The van der Waals surface area contributed by atoms with E-state index in [-0.39, 0.29) is 17.1 Å². The van der Waals surface area contributed by atoms with Crippen molar-refractivity contribution in [3.8, 4) is 22.6 Å². The van der Waals surface area contributed by atoms with E-state index in [1.165, 1.54) is 6.07 Å². The number of rotatable bonds is 7. The molecule has 0 saturated heterocycles. The van der Waals surface area contributed by atoms with Crippen LogP contribution < -0.4 is 5.32 Å². The number of imidazole rings is 1. The molecule has 0 radical (unpaired) electrons. The summed E-state index contributed by atoms with van der Waals surface area (Å²) < 4.78 is 14.7. The number of carbonyl (C=O) groups excluding carboxylic acids is 1. The van der Waals surface area contributed by atoms with Crippen molar-refractivity contribution in [1.29, 1.82) is 0 Å². The number of hydrogen-bond acceptors (Lipinski definition) is 4. The molecular weight excluding hydrogens is 503 g/mol. The number of aromatic amines is 2. The predicted molar refractivity (Wildman–Crippen MR) is 158 cm³/mol. The van der Waals surface area contributed by atoms with Crippen molar-refractivity contribution < 1.29 is 9.18 Å². The van der Waals surface area contributed by atoms with Crippen LogP contribution in [0.1, 0.15) is 44.1 Å². The number of aryl methyl sites for hydroxylation is 1. The Hall–Kier alpha value is -4.85. The number of hydrogen-bond donors (Lipinski definition) is 3. The second kappa shape index (κ2) is 10.7. The number of halogens is 1. The highest BCUT2D eigenvalue weighted by Crippen LogP contribution is 2.33. The quantitative estimate of drug-likeness (QED) is 0.189. The van der Waals surface area contributed by atoms with Crippen LogP contribution in [-0.2, 0) is 4.79 Å². The molecule has 0 fully saturated rings. The third-order valence-electron chi connectivity index (χ3n) is 6.42. The summed E-state index contributed by atoms with van der Waals surface area (Å²) >= 11 is 0. The second-order valence-electron chi connectivity index (χ2n) is 10.9. The van der Waals surface area contributed by atoms with E-state index in [1.807, 2.05) is 52.0 Å². The summed E-state index contributed by atoms with van der Waals surface area (Å²) in [5.41, 5.74) is 6.25. The highest BCUT2D eigenvalue weighted by atomic mass is 19.1. The third kappa shape index (κ3) is 5.61. The van der Waals surface area contributed by atoms with Crippen LogP contribution in [0.2, 0.25) is 0 Å². The SMILES string of the molecule is C=C/C=C(/c1ccccc1F)c1nc(-c2n[nH]c3ccc(-c4cncc(NC(=O)CC(C)(C)C)c4)cc23)[nH]c1C. The molecule has 0 atom stereocenters. The zero-order valence-corrected chi connectivity index (χ0v) is 23.0. The van der Waals surface area contributed by atoms with Crippen molar-refractivity contribution >= 4 is 28.1 Å². The largest absolute Gasteiger partial charge is 0.340 e. The molecule has 3 aromatic heterocycles. The third-order valence-corrected chi connectivity index (χ3v) is 6.42. The highest BCUT2D eigenvalue weighted by Gasteiger charge is 2.20. The van der Waals surface area contributed by atoms with Crippen LogP contribution in [0.25, 0.3) is 39.1 Å². The topological polar surface area (TPSA) is 99.3 Å². The maximum absolute atomic E-state index is 14.7. The van der Waals surface area contributed by atoms with Gasteiger partial charge in [-0.3, -0.25) is 14.9 Å². The standard InChI is InChI=1S/C32H31FN6O/c1-6-9-24(23-10-7-8-11-26(23)33)29-19(2)35-31(37-29)30-25-15-20(12-13-27(25)38-39-30)21-14-22(18-34-17-21)36-28(40)16-32(3,4)5/h6-15,17-18H,1,16H2,2-5H3,(H,35,37)(H,36,40)(H,38,39)/b24-9-. The molecule has 2 aromatic carbocycles. The first-order valence-corrected chi connectivity index (χ1v) is 13.0. The van der Waals surface area contributed by atoms with E-state index in [4.69, 9.17) is 4.98 Å². The molecule has 3 heterocycles. The van der Waals surface area contributed by atoms with Gasteiger partial charge < -0.3 is 10.3 Å². The van der Waals surface area contributed by atoms with Crippen molar-refractivity contribution in [2.45, 2.75) is 34.1 Å². The summed E-state index contributed by atoms with van der Waals surface area (Å²) in [6.07, 6.45) is 7.19. The van der Waals surface area contributed by atoms with Gasteiger partial charge >= 0.3 is 0 Å². The number of benzene rings is 2. The normalized spacial score (nSPS) is 12.1. The average molecular weight is 535 g/mol. The molecule has 0 saturated carbocycles. The molecule has 8 heteroatoms. The lowest BCUT2D eigenvalue weighted by Crippen LogP contribution is -2.19. The minimum atomic E-state index is -0.333. The minimum Gasteiger partial charge on any atom is -0.340 e. The van der Waals surface area contributed by atoms with Gasteiger partial charge in [0, 0.05) is 40.4 Å². The Morgan fingerprint density at radius 1 is 1.10 bits per heavy atom. The van der Waals surface area contributed by atoms with Crippen molar-refractivity contribution in [2.75, 3.05) is 5.32 Å². The number of nitrogens with one attached hydrogen (secondary N) is 3. The van der Waals surface area contributed by atoms with Crippen molar-refractivity contribution in [3.05, 3.63) is 102 Å². The lowest BCUT2D eigenvalue weighted by molar-refractivity contribution is -0.117. The fourth-order valence-electron chi connectivity index (χ4n) is 4.66. The number of aromatic nitrogens is 5. The number of H-pyrrole nitrogens is 2. The maximum atomic E-state index is 14.7. The van der Waals surface area contributed by atoms with Crippen LogP contribution in [0.15, 0.2) is 79.7 Å². The van der Waals surface area contributed by atoms with Crippen LogP contribution in [-0.4, -0.2) is 31.1 Å². The first kappa shape index (κ1) is 26.7. The first-order chi connectivity index (χ1) is 19.1. The van der Waals surface area contributed by atoms with Crippen molar-refractivity contribution in [3.63, 3.8) is 0 Å². The number of pyridine rings is 1. The van der Waals surface area contributed by atoms with Crippen LogP contribution in [0, 0.1) is 18.2 Å². The average Bonchev–Trinajstić information content (AvgIpc) is 3.49. The summed E-state index contributed by atoms with van der Waals surface area (Å²) in [7, 11) is 0. The molecule has 0 spiro atoms. The lowest BCUT2D eigenvalue weighted by Gasteiger charge is -2.17. The Balaban J connectivity index is 1.50. The van der Waals surface area contributed by atoms with Gasteiger partial charge in [-0.15, -0.1) is 0 Å². The molecule has 3 N–H and O–H groups in total. The van der Waals surface area contributed by atoms with E-state index in [1.54, 1.807) is 42.7 Å². The van der Waals surface area contributed by atoms with E-state index in [0.717, 1.165) is 27.7 Å². The van der Waals surface area contributed by atoms with Gasteiger partial charge in [0.2, 0.25) is 5.91 Å². The predicted octanol–water partition coefficient (Wildman–Crippen LogP) is 7.45. The molecule has 5 rings (SSSR count). The molecule has 40 heavy (non-hydrogen) atoms. The fourth-order valence-corrected chi connectivity index (χ4v) is 4.66. The van der Waals surface area contributed by atoms with Gasteiger partial charge in [0.05, 0.1) is 23.1 Å². The van der Waals surface area contributed by atoms with E-state index in [9.17, 15) is 9.18 Å². The molecule has 0 aliphatic carbocycles. The zero-order chi connectivity index (χ0) is 28.4. The smallest absolute Gasteiger partial charge is 0.224 e. The monoisotopic (exact) mass is 534 g/mol. The lowest BCUT2D eigenvalue weighted by atomic mass is 9.92. The summed E-state index contributed by atoms with van der Waals surface area (Å²) in [5.74, 6) is 0.173. The highest BCUT2D eigenvalue weighted by molar-refractivity contribution is 5.96. The van der Waals surface area contributed by atoms with Crippen molar-refractivity contribution in [2.24, 2.45) is 5.41 Å². The Bertz CT molecular complexity index is 1750. The zero-order valence-electron chi connectivity index (χ0n) is 23.0. The van der Waals surface area contributed by atoms with Gasteiger partial charge in [-0.25, -0.2) is 9.37 Å². The molecule has 0 aliphatic rings. The number of carbonyl (C=O) groups is 1. The molecule has 0 aliphatic heterocycles. The van der Waals surface area contributed by atoms with E-state index < -0.39 is 0 Å². The summed E-state index contributed by atoms with van der Waals surface area (Å²) in [4.78, 5) is 25.0. The maximum Gasteiger partial charge on any atom is 0.224 e. The summed E-state index contributed by atoms with van der Waals surface area (Å²) in [5, 5.41) is 11.4. The number of allylic oxidation sites excluding steroid dienone is 2. The molecule has 202 valence electrons. The van der Waals surface area contributed by atoms with Gasteiger partial charge in [0.15, 0.2) is 5.82 Å².